The van der Waals surface area contributed by atoms with E-state index in [0.717, 1.165) is 5.56 Å². The molecular formula is C27H31N5O6S. The molecular weight excluding hydrogens is 522 g/mol. The van der Waals surface area contributed by atoms with Crippen LogP contribution in [0.2, 0.25) is 0 Å². The summed E-state index contributed by atoms with van der Waals surface area (Å²) in [6, 6.07) is 12.6. The molecule has 2 aromatic carbocycles. The summed E-state index contributed by atoms with van der Waals surface area (Å²) in [7, 11) is 0. The maximum atomic E-state index is 14.2. The highest BCUT2D eigenvalue weighted by molar-refractivity contribution is 7.09. The van der Waals surface area contributed by atoms with Crippen LogP contribution in [0.4, 0.5) is 11.4 Å². The molecule has 0 unspecified atom stereocenters. The SMILES string of the molecule is CCOC(=O)CNC(=O)[C@H](c1ccc(OCC)cc1)N(C(=O)c1snc(C(N)=O)c1N)c1ccccc1CC. The number of carbonyl (C=O) groups excluding carboxylic acids is 4. The number of para-hydroxylation sites is 1. The minimum Gasteiger partial charge on any atom is -0.494 e. The van der Waals surface area contributed by atoms with Crippen molar-refractivity contribution >= 4 is 46.6 Å². The predicted octanol–water partition coefficient (Wildman–Crippen LogP) is 2.85. The zero-order chi connectivity index (χ0) is 28.5. The molecule has 206 valence electrons. The van der Waals surface area contributed by atoms with Gasteiger partial charge in [0.05, 0.1) is 18.9 Å². The molecule has 0 aliphatic carbocycles. The average Bonchev–Trinajstić information content (AvgIpc) is 3.32. The number of rotatable bonds is 12. The Balaban J connectivity index is 2.20. The molecule has 0 fully saturated rings. The number of nitrogen functional groups attached to an aromatic ring is 1. The fourth-order valence-corrected chi connectivity index (χ4v) is 4.69. The molecule has 0 aliphatic rings. The zero-order valence-corrected chi connectivity index (χ0v) is 22.7. The Morgan fingerprint density at radius 3 is 2.31 bits per heavy atom. The van der Waals surface area contributed by atoms with Gasteiger partial charge in [-0.25, -0.2) is 0 Å². The van der Waals surface area contributed by atoms with E-state index in [4.69, 9.17) is 20.9 Å². The van der Waals surface area contributed by atoms with Gasteiger partial charge in [-0.3, -0.25) is 24.1 Å². The van der Waals surface area contributed by atoms with Crippen LogP contribution in [-0.4, -0.2) is 47.8 Å². The topological polar surface area (TPSA) is 167 Å². The molecule has 12 heteroatoms. The number of nitrogens with one attached hydrogen (secondary N) is 1. The molecule has 0 radical (unpaired) electrons. The maximum Gasteiger partial charge on any atom is 0.325 e. The number of nitrogens with two attached hydrogens (primary N) is 2. The van der Waals surface area contributed by atoms with E-state index in [1.807, 2.05) is 26.0 Å². The molecule has 39 heavy (non-hydrogen) atoms. The van der Waals surface area contributed by atoms with Crippen molar-refractivity contribution in [2.75, 3.05) is 30.4 Å². The van der Waals surface area contributed by atoms with E-state index < -0.39 is 36.3 Å². The summed E-state index contributed by atoms with van der Waals surface area (Å²) in [6.07, 6.45) is 0.547. The van der Waals surface area contributed by atoms with Crippen LogP contribution in [0.15, 0.2) is 48.5 Å². The van der Waals surface area contributed by atoms with E-state index in [-0.39, 0.29) is 22.9 Å². The highest BCUT2D eigenvalue weighted by Crippen LogP contribution is 2.35. The lowest BCUT2D eigenvalue weighted by Crippen LogP contribution is -2.45. The van der Waals surface area contributed by atoms with Crippen molar-refractivity contribution in [3.05, 3.63) is 70.2 Å². The van der Waals surface area contributed by atoms with Gasteiger partial charge in [0.15, 0.2) is 5.69 Å². The smallest absolute Gasteiger partial charge is 0.325 e. The molecule has 3 rings (SSSR count). The van der Waals surface area contributed by atoms with Crippen LogP contribution < -0.4 is 26.4 Å². The lowest BCUT2D eigenvalue weighted by atomic mass is 10.00. The molecule has 0 spiro atoms. The monoisotopic (exact) mass is 553 g/mol. The normalized spacial score (nSPS) is 11.4. The summed E-state index contributed by atoms with van der Waals surface area (Å²) in [5.74, 6) is -2.22. The third kappa shape index (κ3) is 6.71. The average molecular weight is 554 g/mol. The van der Waals surface area contributed by atoms with E-state index in [2.05, 4.69) is 9.69 Å². The number of hydrogen-bond acceptors (Lipinski definition) is 9. The number of primary amides is 1. The summed E-state index contributed by atoms with van der Waals surface area (Å²) in [5.41, 5.74) is 12.8. The first kappa shape index (κ1) is 29.1. The molecule has 3 aromatic rings. The van der Waals surface area contributed by atoms with Gasteiger partial charge >= 0.3 is 5.97 Å². The molecule has 0 saturated carbocycles. The number of amides is 3. The van der Waals surface area contributed by atoms with Crippen molar-refractivity contribution in [1.82, 2.24) is 9.69 Å². The number of carbonyl (C=O) groups is 4. The Hall–Kier alpha value is -4.45. The van der Waals surface area contributed by atoms with Gasteiger partial charge in [0.1, 0.15) is 23.2 Å². The molecule has 0 bridgehead atoms. The van der Waals surface area contributed by atoms with E-state index in [9.17, 15) is 19.2 Å². The first-order chi connectivity index (χ1) is 18.7. The molecule has 0 aliphatic heterocycles. The van der Waals surface area contributed by atoms with Crippen LogP contribution in [0.3, 0.4) is 0 Å². The standard InChI is InChI=1S/C27H31N5O6S/c1-4-16-9-7-8-10-19(16)32(27(36)24-21(28)22(25(29)34)31-39-24)23(26(35)30-15-20(33)38-6-3)17-11-13-18(14-12-17)37-5-2/h7-14,23H,4-6,15,28H2,1-3H3,(H2,29,34)(H,30,35)/t23-/m0/s1. The molecule has 1 heterocycles. The third-order valence-electron chi connectivity index (χ3n) is 5.73. The highest BCUT2D eigenvalue weighted by Gasteiger charge is 2.37. The quantitative estimate of drug-likeness (QED) is 0.288. The number of aryl methyl sites for hydroxylation is 1. The van der Waals surface area contributed by atoms with Gasteiger partial charge in [0.2, 0.25) is 5.91 Å². The van der Waals surface area contributed by atoms with Gasteiger partial charge in [-0.1, -0.05) is 37.3 Å². The summed E-state index contributed by atoms with van der Waals surface area (Å²) >= 11 is 0.714. The molecule has 1 atom stereocenters. The Morgan fingerprint density at radius 1 is 1.03 bits per heavy atom. The fraction of sp³-hybridized carbons (Fsp3) is 0.296. The Morgan fingerprint density at radius 2 is 1.72 bits per heavy atom. The minimum absolute atomic E-state index is 0.0520. The van der Waals surface area contributed by atoms with Gasteiger partial charge in [-0.15, -0.1) is 0 Å². The highest BCUT2D eigenvalue weighted by atomic mass is 32.1. The van der Waals surface area contributed by atoms with Crippen LogP contribution in [0.5, 0.6) is 5.75 Å². The molecule has 1 aromatic heterocycles. The van der Waals surface area contributed by atoms with Crippen molar-refractivity contribution in [2.45, 2.75) is 33.2 Å². The van der Waals surface area contributed by atoms with Gasteiger partial charge in [0, 0.05) is 5.69 Å². The molecule has 3 amide bonds. The van der Waals surface area contributed by atoms with Crippen molar-refractivity contribution in [3.8, 4) is 5.75 Å². The number of anilines is 2. The number of aromatic nitrogens is 1. The summed E-state index contributed by atoms with van der Waals surface area (Å²) in [4.78, 5) is 53.0. The van der Waals surface area contributed by atoms with Crippen LogP contribution in [-0.2, 0) is 20.7 Å². The van der Waals surface area contributed by atoms with Crippen LogP contribution >= 0.6 is 11.5 Å². The molecule has 11 nitrogen and oxygen atoms in total. The fourth-order valence-electron chi connectivity index (χ4n) is 3.95. The van der Waals surface area contributed by atoms with Gasteiger partial charge in [-0.05, 0) is 61.1 Å². The van der Waals surface area contributed by atoms with Crippen LogP contribution in [0.25, 0.3) is 0 Å². The first-order valence-corrected chi connectivity index (χ1v) is 13.1. The number of benzene rings is 2. The third-order valence-corrected chi connectivity index (χ3v) is 6.58. The largest absolute Gasteiger partial charge is 0.494 e. The van der Waals surface area contributed by atoms with Crippen molar-refractivity contribution in [2.24, 2.45) is 5.73 Å². The van der Waals surface area contributed by atoms with Crippen molar-refractivity contribution in [3.63, 3.8) is 0 Å². The molecule has 0 saturated heterocycles. The van der Waals surface area contributed by atoms with E-state index >= 15 is 0 Å². The van der Waals surface area contributed by atoms with Crippen LogP contribution in [0.1, 0.15) is 58.1 Å². The molecule has 5 N–H and O–H groups in total. The summed E-state index contributed by atoms with van der Waals surface area (Å²) in [5, 5.41) is 2.58. The van der Waals surface area contributed by atoms with Crippen LogP contribution in [0, 0.1) is 0 Å². The van der Waals surface area contributed by atoms with E-state index in [0.29, 0.717) is 41.6 Å². The first-order valence-electron chi connectivity index (χ1n) is 12.4. The Labute approximate surface area is 230 Å². The van der Waals surface area contributed by atoms with Gasteiger partial charge in [0.25, 0.3) is 11.8 Å². The van der Waals surface area contributed by atoms with Gasteiger partial charge < -0.3 is 26.3 Å². The summed E-state index contributed by atoms with van der Waals surface area (Å²) < 4.78 is 14.4. The Kier molecular flexibility index (Phi) is 9.98. The lowest BCUT2D eigenvalue weighted by molar-refractivity contribution is -0.143. The minimum atomic E-state index is -1.24. The predicted molar refractivity (Wildman–Crippen MR) is 148 cm³/mol. The van der Waals surface area contributed by atoms with Crippen molar-refractivity contribution < 1.29 is 28.7 Å². The van der Waals surface area contributed by atoms with E-state index in [1.54, 1.807) is 43.3 Å². The Bertz CT molecular complexity index is 1340. The second kappa shape index (κ2) is 13.4. The maximum absolute atomic E-state index is 14.2. The lowest BCUT2D eigenvalue weighted by Gasteiger charge is -2.32. The number of hydrogen-bond donors (Lipinski definition) is 3. The number of nitrogens with zero attached hydrogens (tertiary/aromatic N) is 2. The van der Waals surface area contributed by atoms with Crippen molar-refractivity contribution in [1.29, 1.82) is 0 Å². The van der Waals surface area contributed by atoms with Gasteiger partial charge in [-0.2, -0.15) is 4.37 Å². The second-order valence-electron chi connectivity index (χ2n) is 8.22. The number of ether oxygens (including phenoxy) is 2. The number of esters is 1. The second-order valence-corrected chi connectivity index (χ2v) is 9.00. The zero-order valence-electron chi connectivity index (χ0n) is 21.9. The van der Waals surface area contributed by atoms with E-state index in [1.165, 1.54) is 4.90 Å². The summed E-state index contributed by atoms with van der Waals surface area (Å²) in [6.45, 7) is 5.63.